The van der Waals surface area contributed by atoms with Gasteiger partial charge in [0, 0.05) is 24.5 Å². The van der Waals surface area contributed by atoms with E-state index >= 15 is 0 Å². The third-order valence-electron chi connectivity index (χ3n) is 4.31. The van der Waals surface area contributed by atoms with E-state index in [2.05, 4.69) is 24.2 Å². The fourth-order valence-electron chi connectivity index (χ4n) is 3.08. The molecule has 4 nitrogen and oxygen atoms in total. The average Bonchev–Trinajstić information content (AvgIpc) is 2.67. The van der Waals surface area contributed by atoms with Gasteiger partial charge in [0.25, 0.3) is 0 Å². The van der Waals surface area contributed by atoms with E-state index in [0.29, 0.717) is 12.0 Å². The summed E-state index contributed by atoms with van der Waals surface area (Å²) >= 11 is 0. The minimum Gasteiger partial charge on any atom is -0.352 e. The first-order chi connectivity index (χ1) is 8.06. The van der Waals surface area contributed by atoms with Crippen LogP contribution in [0.3, 0.4) is 0 Å². The molecule has 4 atom stereocenters. The molecule has 0 aromatic rings. The van der Waals surface area contributed by atoms with Crippen LogP contribution in [0.4, 0.5) is 0 Å². The number of carbonyl (C=O) groups excluding carboxylic acids is 1. The van der Waals surface area contributed by atoms with Crippen LogP contribution in [0.25, 0.3) is 0 Å². The van der Waals surface area contributed by atoms with Gasteiger partial charge in [0.2, 0.25) is 5.91 Å². The minimum atomic E-state index is 0.129. The SMILES string of the molecule is CC1CCC(N)CC1C(=O)NC1CCN(C)C1. The highest BCUT2D eigenvalue weighted by atomic mass is 16.2. The third-order valence-corrected chi connectivity index (χ3v) is 4.31. The van der Waals surface area contributed by atoms with Gasteiger partial charge in [0.05, 0.1) is 0 Å². The van der Waals surface area contributed by atoms with Crippen LogP contribution in [0.5, 0.6) is 0 Å². The Kier molecular flexibility index (Phi) is 4.05. The van der Waals surface area contributed by atoms with Crippen LogP contribution in [0, 0.1) is 11.8 Å². The van der Waals surface area contributed by atoms with E-state index in [1.54, 1.807) is 0 Å². The third kappa shape index (κ3) is 3.19. The number of rotatable bonds is 2. The zero-order valence-electron chi connectivity index (χ0n) is 11.0. The summed E-state index contributed by atoms with van der Waals surface area (Å²) in [5.41, 5.74) is 5.97. The molecule has 3 N–H and O–H groups in total. The summed E-state index contributed by atoms with van der Waals surface area (Å²) in [6, 6.07) is 0.561. The first-order valence-electron chi connectivity index (χ1n) is 6.80. The van der Waals surface area contributed by atoms with E-state index in [0.717, 1.165) is 38.8 Å². The Morgan fingerprint density at radius 2 is 2.12 bits per heavy atom. The highest BCUT2D eigenvalue weighted by Crippen LogP contribution is 2.29. The summed E-state index contributed by atoms with van der Waals surface area (Å²) in [5.74, 6) is 0.839. The molecule has 4 heteroatoms. The molecule has 1 saturated heterocycles. The van der Waals surface area contributed by atoms with Crippen molar-refractivity contribution in [2.75, 3.05) is 20.1 Å². The first-order valence-corrected chi connectivity index (χ1v) is 6.80. The van der Waals surface area contributed by atoms with Crippen LogP contribution < -0.4 is 11.1 Å². The normalized spacial score (nSPS) is 39.2. The van der Waals surface area contributed by atoms with Crippen LogP contribution in [0.1, 0.15) is 32.6 Å². The summed E-state index contributed by atoms with van der Waals surface area (Å²) in [4.78, 5) is 14.5. The molecular formula is C13H25N3O. The molecule has 98 valence electrons. The highest BCUT2D eigenvalue weighted by Gasteiger charge is 2.33. The summed E-state index contributed by atoms with van der Waals surface area (Å²) in [6.45, 7) is 4.25. The van der Waals surface area contributed by atoms with Crippen molar-refractivity contribution >= 4 is 5.91 Å². The lowest BCUT2D eigenvalue weighted by molar-refractivity contribution is -0.128. The van der Waals surface area contributed by atoms with Gasteiger partial charge in [-0.3, -0.25) is 4.79 Å². The van der Waals surface area contributed by atoms with Gasteiger partial charge in [-0.1, -0.05) is 6.92 Å². The van der Waals surface area contributed by atoms with Gasteiger partial charge in [0.1, 0.15) is 0 Å². The highest BCUT2D eigenvalue weighted by molar-refractivity contribution is 5.79. The first kappa shape index (κ1) is 12.8. The lowest BCUT2D eigenvalue weighted by Gasteiger charge is -2.32. The molecule has 2 aliphatic rings. The molecule has 2 rings (SSSR count). The van der Waals surface area contributed by atoms with Crippen molar-refractivity contribution in [2.45, 2.75) is 44.7 Å². The molecule has 0 radical (unpaired) electrons. The van der Waals surface area contributed by atoms with Gasteiger partial charge >= 0.3 is 0 Å². The second-order valence-electron chi connectivity index (χ2n) is 5.91. The second-order valence-corrected chi connectivity index (χ2v) is 5.91. The monoisotopic (exact) mass is 239 g/mol. The van der Waals surface area contributed by atoms with Gasteiger partial charge in [-0.15, -0.1) is 0 Å². The summed E-state index contributed by atoms with van der Waals surface area (Å²) in [7, 11) is 2.10. The van der Waals surface area contributed by atoms with Gasteiger partial charge in [-0.05, 0) is 45.2 Å². The number of nitrogens with zero attached hydrogens (tertiary/aromatic N) is 1. The topological polar surface area (TPSA) is 58.4 Å². The Morgan fingerprint density at radius 1 is 1.35 bits per heavy atom. The maximum Gasteiger partial charge on any atom is 0.223 e. The second kappa shape index (κ2) is 5.36. The Hall–Kier alpha value is -0.610. The summed E-state index contributed by atoms with van der Waals surface area (Å²) in [6.07, 6.45) is 4.09. The number of hydrogen-bond acceptors (Lipinski definition) is 3. The van der Waals surface area contributed by atoms with Crippen molar-refractivity contribution in [3.63, 3.8) is 0 Å². The molecule has 1 amide bonds. The van der Waals surface area contributed by atoms with Gasteiger partial charge in [0.15, 0.2) is 0 Å². The van der Waals surface area contributed by atoms with E-state index in [1.165, 1.54) is 0 Å². The van der Waals surface area contributed by atoms with E-state index in [9.17, 15) is 4.79 Å². The molecule has 1 aliphatic heterocycles. The largest absolute Gasteiger partial charge is 0.352 e. The van der Waals surface area contributed by atoms with E-state index in [4.69, 9.17) is 5.73 Å². The number of amides is 1. The molecule has 0 bridgehead atoms. The van der Waals surface area contributed by atoms with Crippen molar-refractivity contribution in [1.82, 2.24) is 10.2 Å². The number of hydrogen-bond donors (Lipinski definition) is 2. The molecule has 0 aromatic carbocycles. The standard InChI is InChI=1S/C13H25N3O/c1-9-3-4-10(14)7-12(9)13(17)15-11-5-6-16(2)8-11/h9-12H,3-8,14H2,1-2H3,(H,15,17). The van der Waals surface area contributed by atoms with Crippen LogP contribution in [0.15, 0.2) is 0 Å². The van der Waals surface area contributed by atoms with E-state index < -0.39 is 0 Å². The van der Waals surface area contributed by atoms with Crippen molar-refractivity contribution in [1.29, 1.82) is 0 Å². The lowest BCUT2D eigenvalue weighted by atomic mass is 9.77. The quantitative estimate of drug-likeness (QED) is 0.741. The van der Waals surface area contributed by atoms with Gasteiger partial charge in [-0.2, -0.15) is 0 Å². The summed E-state index contributed by atoms with van der Waals surface area (Å²) < 4.78 is 0. The summed E-state index contributed by atoms with van der Waals surface area (Å²) in [5, 5.41) is 3.19. The molecular weight excluding hydrogens is 214 g/mol. The molecule has 1 heterocycles. The number of nitrogens with one attached hydrogen (secondary N) is 1. The predicted octanol–water partition coefficient (Wildman–Crippen LogP) is 0.570. The van der Waals surface area contributed by atoms with Crippen molar-refractivity contribution in [3.8, 4) is 0 Å². The van der Waals surface area contributed by atoms with Crippen molar-refractivity contribution in [2.24, 2.45) is 17.6 Å². The maximum absolute atomic E-state index is 12.2. The Morgan fingerprint density at radius 3 is 2.76 bits per heavy atom. The average molecular weight is 239 g/mol. The maximum atomic E-state index is 12.2. The molecule has 2 fully saturated rings. The van der Waals surface area contributed by atoms with Crippen molar-refractivity contribution in [3.05, 3.63) is 0 Å². The Bertz CT molecular complexity index is 282. The van der Waals surface area contributed by atoms with Crippen LogP contribution in [0.2, 0.25) is 0 Å². The smallest absolute Gasteiger partial charge is 0.223 e. The molecule has 0 spiro atoms. The Labute approximate surface area is 104 Å². The zero-order valence-corrected chi connectivity index (χ0v) is 11.0. The molecule has 0 aromatic heterocycles. The number of carbonyl (C=O) groups is 1. The van der Waals surface area contributed by atoms with Crippen LogP contribution in [-0.4, -0.2) is 43.0 Å². The van der Waals surface area contributed by atoms with Crippen molar-refractivity contribution < 1.29 is 4.79 Å². The molecule has 1 aliphatic carbocycles. The Balaban J connectivity index is 1.86. The molecule has 1 saturated carbocycles. The number of nitrogens with two attached hydrogens (primary N) is 1. The fourth-order valence-corrected chi connectivity index (χ4v) is 3.08. The predicted molar refractivity (Wildman–Crippen MR) is 68.5 cm³/mol. The lowest BCUT2D eigenvalue weighted by Crippen LogP contribution is -2.45. The van der Waals surface area contributed by atoms with E-state index in [-0.39, 0.29) is 17.9 Å². The molecule has 17 heavy (non-hydrogen) atoms. The fraction of sp³-hybridized carbons (Fsp3) is 0.923. The minimum absolute atomic E-state index is 0.129. The van der Waals surface area contributed by atoms with E-state index in [1.807, 2.05) is 0 Å². The number of likely N-dealkylation sites (tertiary alicyclic amines) is 1. The number of likely N-dealkylation sites (N-methyl/N-ethyl adjacent to an activating group) is 1. The van der Waals surface area contributed by atoms with Crippen LogP contribution in [-0.2, 0) is 4.79 Å². The van der Waals surface area contributed by atoms with Crippen LogP contribution >= 0.6 is 0 Å². The zero-order chi connectivity index (χ0) is 12.4. The molecule has 4 unspecified atom stereocenters. The van der Waals surface area contributed by atoms with Gasteiger partial charge < -0.3 is 16.0 Å². The van der Waals surface area contributed by atoms with Gasteiger partial charge in [-0.25, -0.2) is 0 Å².